The SMILES string of the molecule is CC(=O)c1c(C)c2cnc(Nc3ccc(N4CCN(CCC5CCN(C(=O)Nc6ccc7c(c6)C(=O)N(C6CCC(=O)NC6=O)C7=O)CC5)CC4)cn3)nc2n(C2CCCC2)c1=O. The van der Waals surface area contributed by atoms with E-state index >= 15 is 0 Å². The van der Waals surface area contributed by atoms with Gasteiger partial charge in [0.1, 0.15) is 17.5 Å². The van der Waals surface area contributed by atoms with Gasteiger partial charge >= 0.3 is 6.03 Å². The minimum absolute atomic E-state index is 0.000112. The molecule has 1 atom stereocenters. The van der Waals surface area contributed by atoms with Gasteiger partial charge in [-0.15, -0.1) is 0 Å². The highest BCUT2D eigenvalue weighted by molar-refractivity contribution is 6.24. The molecule has 7 heterocycles. The number of nitrogens with zero attached hydrogens (tertiary/aromatic N) is 8. The van der Waals surface area contributed by atoms with Gasteiger partial charge in [0.05, 0.1) is 28.6 Å². The van der Waals surface area contributed by atoms with E-state index in [9.17, 15) is 33.6 Å². The molecule has 6 amide bonds. The minimum Gasteiger partial charge on any atom is -0.368 e. The fraction of sp³-hybridized carbons (Fsp3) is 0.467. The topological polar surface area (TPSA) is 212 Å². The molecule has 4 aliphatic heterocycles. The molecule has 3 aromatic heterocycles. The lowest BCUT2D eigenvalue weighted by atomic mass is 9.93. The Morgan fingerprint density at radius 3 is 2.29 bits per heavy atom. The number of hydrogen-bond acceptors (Lipinski definition) is 13. The summed E-state index contributed by atoms with van der Waals surface area (Å²) in [5.41, 5.74) is 2.77. The van der Waals surface area contributed by atoms with Gasteiger partial charge in [0.2, 0.25) is 17.8 Å². The van der Waals surface area contributed by atoms with E-state index in [-0.39, 0.29) is 52.9 Å². The Morgan fingerprint density at radius 2 is 1.59 bits per heavy atom. The Balaban J connectivity index is 0.727. The summed E-state index contributed by atoms with van der Waals surface area (Å²) in [5, 5.41) is 8.98. The van der Waals surface area contributed by atoms with E-state index in [1.165, 1.54) is 19.1 Å². The smallest absolute Gasteiger partial charge is 0.321 e. The molecular formula is C45H51N11O7. The largest absolute Gasteiger partial charge is 0.368 e. The number of piperazine rings is 1. The van der Waals surface area contributed by atoms with Crippen molar-refractivity contribution in [1.29, 1.82) is 0 Å². The number of rotatable bonds is 10. The van der Waals surface area contributed by atoms with E-state index in [1.54, 1.807) is 28.7 Å². The summed E-state index contributed by atoms with van der Waals surface area (Å²) in [6.45, 7) is 9.04. The number of amides is 6. The van der Waals surface area contributed by atoms with Crippen molar-refractivity contribution in [3.05, 3.63) is 75.3 Å². The molecular weight excluding hydrogens is 807 g/mol. The van der Waals surface area contributed by atoms with Crippen molar-refractivity contribution < 1.29 is 28.8 Å². The Hall–Kier alpha value is -6.56. The zero-order valence-electron chi connectivity index (χ0n) is 35.5. The lowest BCUT2D eigenvalue weighted by Crippen LogP contribution is -2.54. The van der Waals surface area contributed by atoms with Gasteiger partial charge < -0.3 is 20.4 Å². The third-order valence-corrected chi connectivity index (χ3v) is 13.4. The number of piperidine rings is 2. The van der Waals surface area contributed by atoms with Crippen LogP contribution in [-0.4, -0.2) is 122 Å². The Morgan fingerprint density at radius 1 is 0.841 bits per heavy atom. The average Bonchev–Trinajstić information content (AvgIpc) is 3.89. The van der Waals surface area contributed by atoms with Crippen LogP contribution in [0.5, 0.6) is 0 Å². The summed E-state index contributed by atoms with van der Waals surface area (Å²) in [6.07, 6.45) is 10.3. The summed E-state index contributed by atoms with van der Waals surface area (Å²) in [5.74, 6) is -1.13. The van der Waals surface area contributed by atoms with Gasteiger partial charge in [0, 0.05) is 69.0 Å². The van der Waals surface area contributed by atoms with Gasteiger partial charge in [-0.1, -0.05) is 12.8 Å². The molecule has 4 aromatic rings. The third kappa shape index (κ3) is 8.26. The number of urea groups is 1. The first-order valence-electron chi connectivity index (χ1n) is 22.0. The molecule has 0 bridgehead atoms. The number of aromatic nitrogens is 4. The predicted molar refractivity (Wildman–Crippen MR) is 233 cm³/mol. The molecule has 328 valence electrons. The van der Waals surface area contributed by atoms with Gasteiger partial charge in [0.25, 0.3) is 17.4 Å². The highest BCUT2D eigenvalue weighted by atomic mass is 16.2. The summed E-state index contributed by atoms with van der Waals surface area (Å²) < 4.78 is 1.71. The number of likely N-dealkylation sites (tertiary alicyclic amines) is 1. The van der Waals surface area contributed by atoms with Crippen LogP contribution in [0.4, 0.5) is 27.9 Å². The molecule has 9 rings (SSSR count). The zero-order valence-corrected chi connectivity index (χ0v) is 35.5. The van der Waals surface area contributed by atoms with Crippen LogP contribution in [0.15, 0.2) is 47.5 Å². The number of aryl methyl sites for hydroxylation is 1. The molecule has 63 heavy (non-hydrogen) atoms. The molecule has 18 heteroatoms. The normalized spacial score (nSPS) is 20.1. The number of carbonyl (C=O) groups excluding carboxylic acids is 6. The number of pyridine rings is 2. The summed E-state index contributed by atoms with van der Waals surface area (Å²) in [7, 11) is 0. The molecule has 3 N–H and O–H groups in total. The summed E-state index contributed by atoms with van der Waals surface area (Å²) in [6, 6.07) is 7.17. The maximum absolute atomic E-state index is 13.6. The van der Waals surface area contributed by atoms with Crippen molar-refractivity contribution in [2.24, 2.45) is 5.92 Å². The molecule has 0 spiro atoms. The maximum atomic E-state index is 13.6. The minimum atomic E-state index is -1.05. The number of nitrogens with one attached hydrogen (secondary N) is 3. The number of imide groups is 2. The highest BCUT2D eigenvalue weighted by Crippen LogP contribution is 2.33. The van der Waals surface area contributed by atoms with E-state index in [1.807, 2.05) is 18.3 Å². The van der Waals surface area contributed by atoms with Crippen molar-refractivity contribution in [3.63, 3.8) is 0 Å². The lowest BCUT2D eigenvalue weighted by Gasteiger charge is -2.37. The Labute approximate surface area is 363 Å². The van der Waals surface area contributed by atoms with Gasteiger partial charge in [-0.3, -0.25) is 48.5 Å². The predicted octanol–water partition coefficient (Wildman–Crippen LogP) is 4.41. The van der Waals surface area contributed by atoms with Crippen molar-refractivity contribution in [1.82, 2.24) is 39.5 Å². The summed E-state index contributed by atoms with van der Waals surface area (Å²) in [4.78, 5) is 111. The van der Waals surface area contributed by atoms with Crippen molar-refractivity contribution >= 4 is 69.6 Å². The first kappa shape index (κ1) is 41.8. The first-order chi connectivity index (χ1) is 30.4. The van der Waals surface area contributed by atoms with Crippen molar-refractivity contribution in [3.8, 4) is 0 Å². The van der Waals surface area contributed by atoms with Gasteiger partial charge in [-0.05, 0) is 101 Å². The standard InChI is InChI=1S/C45H51N11O7/c1-26-34-25-47-44(51-39(34)55(30-5-3-4-6-30)43(62)38(26)27(2)57)49-36-11-8-31(24-46-36)53-21-19-52(20-22-53)16-13-28-14-17-54(18-15-28)45(63)48-29-7-9-32-33(23-29)42(61)56(41(32)60)35-10-12-37(58)50-40(35)59/h7-9,11,23-25,28,30,35H,3-6,10,12-22H2,1-2H3,(H,48,63)(H,50,58,59)(H,46,47,49,51). The molecule has 18 nitrogen and oxygen atoms in total. The van der Waals surface area contributed by atoms with Crippen LogP contribution in [0.2, 0.25) is 0 Å². The Kier molecular flexibility index (Phi) is 11.5. The number of fused-ring (bicyclic) bond motifs is 2. The number of carbonyl (C=O) groups is 6. The van der Waals surface area contributed by atoms with E-state index in [0.717, 1.165) is 88.3 Å². The monoisotopic (exact) mass is 857 g/mol. The maximum Gasteiger partial charge on any atom is 0.321 e. The van der Waals surface area contributed by atoms with Crippen LogP contribution in [-0.2, 0) is 9.59 Å². The van der Waals surface area contributed by atoms with Crippen LogP contribution in [0.1, 0.15) is 107 Å². The fourth-order valence-electron chi connectivity index (χ4n) is 9.84. The second-order valence-corrected chi connectivity index (χ2v) is 17.3. The summed E-state index contributed by atoms with van der Waals surface area (Å²) >= 11 is 0. The van der Waals surface area contributed by atoms with E-state index in [0.29, 0.717) is 53.1 Å². The quantitative estimate of drug-likeness (QED) is 0.149. The van der Waals surface area contributed by atoms with E-state index in [4.69, 9.17) is 4.98 Å². The van der Waals surface area contributed by atoms with Gasteiger partial charge in [0.15, 0.2) is 5.78 Å². The molecule has 5 aliphatic rings. The second kappa shape index (κ2) is 17.3. The number of Topliss-reactive ketones (excluding diaryl/α,β-unsaturated/α-hetero) is 1. The van der Waals surface area contributed by atoms with Crippen LogP contribution in [0.3, 0.4) is 0 Å². The number of benzene rings is 1. The van der Waals surface area contributed by atoms with Crippen LogP contribution in [0.25, 0.3) is 11.0 Å². The number of ketones is 1. The first-order valence-corrected chi connectivity index (χ1v) is 22.0. The van der Waals surface area contributed by atoms with Crippen molar-refractivity contribution in [2.75, 3.05) is 61.3 Å². The molecule has 3 saturated heterocycles. The van der Waals surface area contributed by atoms with Crippen LogP contribution in [0, 0.1) is 12.8 Å². The Bertz CT molecular complexity index is 2570. The number of hydrogen-bond donors (Lipinski definition) is 3. The molecule has 1 aromatic carbocycles. The van der Waals surface area contributed by atoms with E-state index in [2.05, 4.69) is 35.7 Å². The molecule has 4 fully saturated rings. The van der Waals surface area contributed by atoms with Gasteiger partial charge in [-0.25, -0.2) is 14.8 Å². The molecule has 1 aliphatic carbocycles. The van der Waals surface area contributed by atoms with Crippen molar-refractivity contribution in [2.45, 2.75) is 83.7 Å². The van der Waals surface area contributed by atoms with Crippen LogP contribution >= 0.6 is 0 Å². The number of anilines is 4. The lowest BCUT2D eigenvalue weighted by molar-refractivity contribution is -0.136. The second-order valence-electron chi connectivity index (χ2n) is 17.3. The molecule has 1 unspecified atom stereocenters. The fourth-order valence-corrected chi connectivity index (χ4v) is 9.84. The average molecular weight is 858 g/mol. The third-order valence-electron chi connectivity index (χ3n) is 13.4. The van der Waals surface area contributed by atoms with E-state index < -0.39 is 29.7 Å². The zero-order chi connectivity index (χ0) is 43.9. The van der Waals surface area contributed by atoms with Gasteiger partial charge in [-0.2, -0.15) is 4.98 Å². The molecule has 0 radical (unpaired) electrons. The van der Waals surface area contributed by atoms with Crippen LogP contribution < -0.4 is 26.4 Å². The molecule has 1 saturated carbocycles. The highest BCUT2D eigenvalue weighted by Gasteiger charge is 2.45.